The van der Waals surface area contributed by atoms with Crippen LogP contribution in [0.2, 0.25) is 0 Å². The first-order valence-corrected chi connectivity index (χ1v) is 8.42. The van der Waals surface area contributed by atoms with Gasteiger partial charge in [0.2, 0.25) is 0 Å². The molecule has 3 aromatic carbocycles. The average Bonchev–Trinajstić information content (AvgIpc) is 2.75. The summed E-state index contributed by atoms with van der Waals surface area (Å²) in [6, 6.07) is 22.9. The summed E-state index contributed by atoms with van der Waals surface area (Å²) in [5, 5.41) is 8.19. The third-order valence-electron chi connectivity index (χ3n) is 3.97. The van der Waals surface area contributed by atoms with Crippen LogP contribution in [-0.4, -0.2) is 24.7 Å². The fourth-order valence-corrected chi connectivity index (χ4v) is 2.52. The van der Waals surface area contributed by atoms with Crippen LogP contribution in [0.15, 0.2) is 95.2 Å². The molecule has 0 fully saturated rings. The monoisotopic (exact) mass is 358 g/mol. The molecule has 0 saturated carbocycles. The van der Waals surface area contributed by atoms with E-state index in [-0.39, 0.29) is 11.6 Å². The van der Waals surface area contributed by atoms with Crippen molar-refractivity contribution in [1.29, 1.82) is 0 Å². The van der Waals surface area contributed by atoms with Gasteiger partial charge in [-0.05, 0) is 24.3 Å². The fourth-order valence-electron chi connectivity index (χ4n) is 2.52. The van der Waals surface area contributed by atoms with Crippen LogP contribution < -0.4 is 4.74 Å². The van der Waals surface area contributed by atoms with E-state index in [1.54, 1.807) is 79.9 Å². The molecular formula is C22H18N2O3. The summed E-state index contributed by atoms with van der Waals surface area (Å²) in [5.74, 6) is -0.0883. The van der Waals surface area contributed by atoms with Crippen molar-refractivity contribution in [1.82, 2.24) is 0 Å². The van der Waals surface area contributed by atoms with Crippen LogP contribution in [-0.2, 0) is 0 Å². The molecule has 0 bridgehead atoms. The van der Waals surface area contributed by atoms with Crippen molar-refractivity contribution < 1.29 is 14.3 Å². The molecule has 0 aliphatic carbocycles. The molecule has 0 spiro atoms. The van der Waals surface area contributed by atoms with E-state index in [2.05, 4.69) is 10.2 Å². The van der Waals surface area contributed by atoms with Crippen LogP contribution in [0.5, 0.6) is 5.75 Å². The molecule has 3 rings (SSSR count). The molecule has 5 nitrogen and oxygen atoms in total. The number of ketones is 2. The second-order valence-electron chi connectivity index (χ2n) is 5.78. The first kappa shape index (κ1) is 18.2. The van der Waals surface area contributed by atoms with E-state index in [9.17, 15) is 9.59 Å². The minimum Gasteiger partial charge on any atom is -0.497 e. The highest BCUT2D eigenvalue weighted by Crippen LogP contribution is 2.20. The van der Waals surface area contributed by atoms with Crippen LogP contribution in [0.3, 0.4) is 0 Å². The molecular weight excluding hydrogens is 340 g/mol. The standard InChI is InChI=1S/C22H18N2O3/c1-27-19-14-12-18(13-15-19)23-24-20(21(25)16-8-4-2-5-9-16)22(26)17-10-6-3-7-11-17/h2-15,20H,1H3. The highest BCUT2D eigenvalue weighted by atomic mass is 16.5. The Morgan fingerprint density at radius 2 is 1.22 bits per heavy atom. The Balaban J connectivity index is 1.92. The van der Waals surface area contributed by atoms with Gasteiger partial charge in [0.25, 0.3) is 0 Å². The lowest BCUT2D eigenvalue weighted by Gasteiger charge is -2.10. The molecule has 0 heterocycles. The lowest BCUT2D eigenvalue weighted by molar-refractivity contribution is 0.0861. The van der Waals surface area contributed by atoms with E-state index in [0.29, 0.717) is 22.6 Å². The van der Waals surface area contributed by atoms with Crippen LogP contribution in [0.1, 0.15) is 20.7 Å². The smallest absolute Gasteiger partial charge is 0.197 e. The van der Waals surface area contributed by atoms with Gasteiger partial charge in [-0.3, -0.25) is 9.59 Å². The SMILES string of the molecule is COc1ccc(N=NC(C(=O)c2ccccc2)C(=O)c2ccccc2)cc1. The summed E-state index contributed by atoms with van der Waals surface area (Å²) < 4.78 is 5.11. The van der Waals surface area contributed by atoms with Gasteiger partial charge in [0, 0.05) is 11.1 Å². The Kier molecular flexibility index (Phi) is 5.84. The summed E-state index contributed by atoms with van der Waals surface area (Å²) >= 11 is 0. The summed E-state index contributed by atoms with van der Waals surface area (Å²) in [7, 11) is 1.57. The average molecular weight is 358 g/mol. The highest BCUT2D eigenvalue weighted by molar-refractivity contribution is 6.19. The van der Waals surface area contributed by atoms with Crippen molar-refractivity contribution in [2.75, 3.05) is 7.11 Å². The van der Waals surface area contributed by atoms with E-state index in [1.807, 2.05) is 12.1 Å². The van der Waals surface area contributed by atoms with Crippen LogP contribution in [0, 0.1) is 0 Å². The molecule has 0 aliphatic rings. The van der Waals surface area contributed by atoms with Crippen molar-refractivity contribution in [3.05, 3.63) is 96.1 Å². The Morgan fingerprint density at radius 3 is 1.67 bits per heavy atom. The zero-order valence-corrected chi connectivity index (χ0v) is 14.8. The quantitative estimate of drug-likeness (QED) is 0.342. The summed E-state index contributed by atoms with van der Waals surface area (Å²) in [6.07, 6.45) is 0. The number of hydrogen-bond donors (Lipinski definition) is 0. The summed E-state index contributed by atoms with van der Waals surface area (Å²) in [5.41, 5.74) is 1.36. The third kappa shape index (κ3) is 4.52. The largest absolute Gasteiger partial charge is 0.497 e. The number of carbonyl (C=O) groups is 2. The Labute approximate surface area is 157 Å². The molecule has 134 valence electrons. The van der Waals surface area contributed by atoms with Gasteiger partial charge in [0.15, 0.2) is 17.6 Å². The summed E-state index contributed by atoms with van der Waals surface area (Å²) in [6.45, 7) is 0. The van der Waals surface area contributed by atoms with Gasteiger partial charge >= 0.3 is 0 Å². The number of methoxy groups -OCH3 is 1. The Bertz CT molecular complexity index is 885. The highest BCUT2D eigenvalue weighted by Gasteiger charge is 2.28. The lowest BCUT2D eigenvalue weighted by Crippen LogP contribution is -2.28. The predicted molar refractivity (Wildman–Crippen MR) is 103 cm³/mol. The van der Waals surface area contributed by atoms with Gasteiger partial charge < -0.3 is 4.74 Å². The van der Waals surface area contributed by atoms with Gasteiger partial charge in [-0.25, -0.2) is 0 Å². The van der Waals surface area contributed by atoms with E-state index >= 15 is 0 Å². The van der Waals surface area contributed by atoms with Gasteiger partial charge in [-0.15, -0.1) is 0 Å². The third-order valence-corrected chi connectivity index (χ3v) is 3.97. The molecule has 0 unspecified atom stereocenters. The molecule has 5 heteroatoms. The molecule has 0 radical (unpaired) electrons. The molecule has 0 N–H and O–H groups in total. The Hall–Kier alpha value is -3.60. The normalized spacial score (nSPS) is 10.9. The van der Waals surface area contributed by atoms with Crippen molar-refractivity contribution in [2.45, 2.75) is 6.04 Å². The first-order chi connectivity index (χ1) is 13.2. The maximum absolute atomic E-state index is 12.9. The number of hydrogen-bond acceptors (Lipinski definition) is 5. The van der Waals surface area contributed by atoms with Crippen LogP contribution in [0.25, 0.3) is 0 Å². The maximum atomic E-state index is 12.9. The molecule has 0 aliphatic heterocycles. The molecule has 0 atom stereocenters. The van der Waals surface area contributed by atoms with Crippen molar-refractivity contribution in [3.63, 3.8) is 0 Å². The number of rotatable bonds is 7. The number of ether oxygens (including phenoxy) is 1. The van der Waals surface area contributed by atoms with Crippen LogP contribution in [0.4, 0.5) is 5.69 Å². The second-order valence-corrected chi connectivity index (χ2v) is 5.78. The number of nitrogens with zero attached hydrogens (tertiary/aromatic N) is 2. The topological polar surface area (TPSA) is 68.1 Å². The second kappa shape index (κ2) is 8.67. The van der Waals surface area contributed by atoms with Gasteiger partial charge in [-0.1, -0.05) is 60.7 Å². The predicted octanol–water partition coefficient (Wildman–Crippen LogP) is 4.91. The minimum atomic E-state index is -1.24. The van der Waals surface area contributed by atoms with Crippen LogP contribution >= 0.6 is 0 Å². The summed E-state index contributed by atoms with van der Waals surface area (Å²) in [4.78, 5) is 25.8. The van der Waals surface area contributed by atoms with E-state index < -0.39 is 6.04 Å². The molecule has 3 aromatic rings. The van der Waals surface area contributed by atoms with Crippen molar-refractivity contribution in [2.24, 2.45) is 10.2 Å². The molecule has 27 heavy (non-hydrogen) atoms. The zero-order valence-electron chi connectivity index (χ0n) is 14.8. The number of carbonyl (C=O) groups excluding carboxylic acids is 2. The van der Waals surface area contributed by atoms with Gasteiger partial charge in [0.1, 0.15) is 5.75 Å². The maximum Gasteiger partial charge on any atom is 0.197 e. The Morgan fingerprint density at radius 1 is 0.741 bits per heavy atom. The number of azo groups is 1. The zero-order chi connectivity index (χ0) is 19.1. The van der Waals surface area contributed by atoms with E-state index in [4.69, 9.17) is 4.74 Å². The number of benzene rings is 3. The van der Waals surface area contributed by atoms with E-state index in [0.717, 1.165) is 0 Å². The van der Waals surface area contributed by atoms with Crippen molar-refractivity contribution in [3.8, 4) is 5.75 Å². The number of Topliss-reactive ketones (excluding diaryl/α,β-unsaturated/α-hetero) is 2. The lowest BCUT2D eigenvalue weighted by atomic mass is 9.97. The molecule has 0 saturated heterocycles. The minimum absolute atomic E-state index is 0.387. The molecule has 0 amide bonds. The van der Waals surface area contributed by atoms with Crippen molar-refractivity contribution >= 4 is 17.3 Å². The molecule has 0 aromatic heterocycles. The fraction of sp³-hybridized carbons (Fsp3) is 0.0909. The van der Waals surface area contributed by atoms with E-state index in [1.165, 1.54) is 0 Å². The first-order valence-electron chi connectivity index (χ1n) is 8.42. The van der Waals surface area contributed by atoms with Gasteiger partial charge in [0.05, 0.1) is 12.8 Å². The van der Waals surface area contributed by atoms with Gasteiger partial charge in [-0.2, -0.15) is 10.2 Å².